The summed E-state index contributed by atoms with van der Waals surface area (Å²) in [7, 11) is 0. The minimum absolute atomic E-state index is 0.00852. The summed E-state index contributed by atoms with van der Waals surface area (Å²) in [6.07, 6.45) is -0.105. The molecule has 1 fully saturated rings. The molecule has 1 saturated heterocycles. The van der Waals surface area contributed by atoms with Gasteiger partial charge in [0.1, 0.15) is 5.58 Å². The van der Waals surface area contributed by atoms with Crippen LogP contribution in [-0.4, -0.2) is 35.2 Å². The van der Waals surface area contributed by atoms with Gasteiger partial charge in [-0.25, -0.2) is 4.79 Å². The number of hydrogen-bond donors (Lipinski definition) is 1. The van der Waals surface area contributed by atoms with Crippen LogP contribution in [0.3, 0.4) is 0 Å². The average molecular weight is 386 g/mol. The van der Waals surface area contributed by atoms with Crippen molar-refractivity contribution < 1.29 is 19.1 Å². The Morgan fingerprint density at radius 3 is 2.85 bits per heavy atom. The number of carboxylic acids is 1. The van der Waals surface area contributed by atoms with Crippen molar-refractivity contribution in [1.82, 2.24) is 4.90 Å². The van der Waals surface area contributed by atoms with Crippen LogP contribution in [0.5, 0.6) is 0 Å². The van der Waals surface area contributed by atoms with E-state index in [0.29, 0.717) is 35.9 Å². The number of fused-ring (bicyclic) bond motifs is 1. The van der Waals surface area contributed by atoms with Crippen LogP contribution in [0.25, 0.3) is 11.0 Å². The van der Waals surface area contributed by atoms with Gasteiger partial charge in [-0.3, -0.25) is 4.90 Å². The van der Waals surface area contributed by atoms with E-state index in [4.69, 9.17) is 20.8 Å². The van der Waals surface area contributed by atoms with Crippen LogP contribution in [-0.2, 0) is 11.3 Å². The van der Waals surface area contributed by atoms with Crippen molar-refractivity contribution in [2.75, 3.05) is 13.2 Å². The summed E-state index contributed by atoms with van der Waals surface area (Å²) >= 11 is 6.12. The van der Waals surface area contributed by atoms with E-state index in [0.717, 1.165) is 10.9 Å². The standard InChI is InChI=1S/C21H20ClNO4/c1-13-12-26-19(14-5-4-6-15(22)9-14)11-23(13)10-17-16-7-2-3-8-18(16)27-20(17)21(24)25/h2-9,13,19H,10-12H2,1H3,(H,24,25). The lowest BCUT2D eigenvalue weighted by atomic mass is 10.0. The van der Waals surface area contributed by atoms with E-state index < -0.39 is 5.97 Å². The zero-order chi connectivity index (χ0) is 19.0. The number of furan rings is 1. The molecule has 27 heavy (non-hydrogen) atoms. The lowest BCUT2D eigenvalue weighted by molar-refractivity contribution is -0.0633. The molecule has 0 radical (unpaired) electrons. The Balaban J connectivity index is 1.64. The van der Waals surface area contributed by atoms with Gasteiger partial charge in [0.2, 0.25) is 5.76 Å². The van der Waals surface area contributed by atoms with Crippen molar-refractivity contribution in [3.8, 4) is 0 Å². The molecule has 140 valence electrons. The Hall–Kier alpha value is -2.34. The molecule has 2 heterocycles. The fraction of sp³-hybridized carbons (Fsp3) is 0.286. The quantitative estimate of drug-likeness (QED) is 0.702. The molecule has 4 rings (SSSR count). The first-order valence-electron chi connectivity index (χ1n) is 8.87. The van der Waals surface area contributed by atoms with E-state index in [2.05, 4.69) is 11.8 Å². The Bertz CT molecular complexity index is 983. The van der Waals surface area contributed by atoms with Crippen molar-refractivity contribution in [2.45, 2.75) is 25.6 Å². The van der Waals surface area contributed by atoms with Gasteiger partial charge in [0.05, 0.1) is 12.7 Å². The van der Waals surface area contributed by atoms with Gasteiger partial charge in [0, 0.05) is 35.1 Å². The molecule has 2 aromatic carbocycles. The molecule has 5 nitrogen and oxygen atoms in total. The normalized spacial score (nSPS) is 20.8. The zero-order valence-corrected chi connectivity index (χ0v) is 15.6. The van der Waals surface area contributed by atoms with Crippen LogP contribution < -0.4 is 0 Å². The van der Waals surface area contributed by atoms with E-state index in [1.165, 1.54) is 0 Å². The highest BCUT2D eigenvalue weighted by atomic mass is 35.5. The number of aromatic carboxylic acids is 1. The monoisotopic (exact) mass is 385 g/mol. The number of benzene rings is 2. The van der Waals surface area contributed by atoms with Crippen LogP contribution >= 0.6 is 11.6 Å². The fourth-order valence-corrected chi connectivity index (χ4v) is 3.77. The number of hydrogen-bond acceptors (Lipinski definition) is 4. The number of morpholine rings is 1. The van der Waals surface area contributed by atoms with E-state index in [9.17, 15) is 9.90 Å². The molecule has 0 spiro atoms. The molecule has 0 bridgehead atoms. The van der Waals surface area contributed by atoms with Gasteiger partial charge in [-0.05, 0) is 30.7 Å². The highest BCUT2D eigenvalue weighted by Gasteiger charge is 2.30. The topological polar surface area (TPSA) is 62.9 Å². The molecular weight excluding hydrogens is 366 g/mol. The van der Waals surface area contributed by atoms with Gasteiger partial charge in [-0.1, -0.05) is 41.9 Å². The number of nitrogens with zero attached hydrogens (tertiary/aromatic N) is 1. The van der Waals surface area contributed by atoms with Crippen molar-refractivity contribution in [3.05, 3.63) is 70.4 Å². The first kappa shape index (κ1) is 18.0. The van der Waals surface area contributed by atoms with E-state index in [-0.39, 0.29) is 17.9 Å². The number of halogens is 1. The molecule has 1 N–H and O–H groups in total. The highest BCUT2D eigenvalue weighted by Crippen LogP contribution is 2.31. The van der Waals surface area contributed by atoms with E-state index in [1.807, 2.05) is 42.5 Å². The SMILES string of the molecule is CC1COC(c2cccc(Cl)c2)CN1Cc1c(C(=O)O)oc2ccccc12. The minimum atomic E-state index is -1.05. The summed E-state index contributed by atoms with van der Waals surface area (Å²) < 4.78 is 11.6. The number of carbonyl (C=O) groups is 1. The zero-order valence-electron chi connectivity index (χ0n) is 14.9. The Morgan fingerprint density at radius 2 is 2.07 bits per heavy atom. The van der Waals surface area contributed by atoms with Crippen molar-refractivity contribution >= 4 is 28.5 Å². The maximum Gasteiger partial charge on any atom is 0.372 e. The molecule has 2 unspecified atom stereocenters. The summed E-state index contributed by atoms with van der Waals surface area (Å²) in [5.74, 6) is -1.04. The Morgan fingerprint density at radius 1 is 1.26 bits per heavy atom. The van der Waals surface area contributed by atoms with Crippen molar-refractivity contribution in [3.63, 3.8) is 0 Å². The highest BCUT2D eigenvalue weighted by molar-refractivity contribution is 6.30. The number of para-hydroxylation sites is 1. The molecule has 0 saturated carbocycles. The van der Waals surface area contributed by atoms with Crippen LogP contribution in [0, 0.1) is 0 Å². The minimum Gasteiger partial charge on any atom is -0.475 e. The van der Waals surface area contributed by atoms with E-state index in [1.54, 1.807) is 6.07 Å². The molecule has 1 aromatic heterocycles. The molecule has 0 aliphatic carbocycles. The van der Waals surface area contributed by atoms with Gasteiger partial charge < -0.3 is 14.3 Å². The summed E-state index contributed by atoms with van der Waals surface area (Å²) in [6, 6.07) is 15.3. The van der Waals surface area contributed by atoms with E-state index >= 15 is 0 Å². The fourth-order valence-electron chi connectivity index (χ4n) is 3.57. The second-order valence-corrected chi connectivity index (χ2v) is 7.30. The third-order valence-corrected chi connectivity index (χ3v) is 5.27. The lowest BCUT2D eigenvalue weighted by Crippen LogP contribution is -2.44. The lowest BCUT2D eigenvalue weighted by Gasteiger charge is -2.38. The van der Waals surface area contributed by atoms with Crippen molar-refractivity contribution in [1.29, 1.82) is 0 Å². The van der Waals surface area contributed by atoms with Crippen LogP contribution in [0.1, 0.15) is 34.7 Å². The summed E-state index contributed by atoms with van der Waals surface area (Å²) in [5, 5.41) is 11.1. The summed E-state index contributed by atoms with van der Waals surface area (Å²) in [4.78, 5) is 13.9. The van der Waals surface area contributed by atoms with Gasteiger partial charge in [0.15, 0.2) is 0 Å². The van der Waals surface area contributed by atoms with Gasteiger partial charge in [-0.15, -0.1) is 0 Å². The van der Waals surface area contributed by atoms with Crippen molar-refractivity contribution in [2.24, 2.45) is 0 Å². The second-order valence-electron chi connectivity index (χ2n) is 6.87. The molecule has 3 aromatic rings. The third-order valence-electron chi connectivity index (χ3n) is 5.04. The largest absolute Gasteiger partial charge is 0.475 e. The molecule has 6 heteroatoms. The van der Waals surface area contributed by atoms with Crippen LogP contribution in [0.2, 0.25) is 5.02 Å². The average Bonchev–Trinajstić information content (AvgIpc) is 3.02. The van der Waals surface area contributed by atoms with Gasteiger partial charge >= 0.3 is 5.97 Å². The second kappa shape index (κ2) is 7.35. The van der Waals surface area contributed by atoms with Crippen LogP contribution in [0.4, 0.5) is 0 Å². The number of rotatable bonds is 4. The summed E-state index contributed by atoms with van der Waals surface area (Å²) in [5.41, 5.74) is 2.32. The molecule has 2 atom stereocenters. The third kappa shape index (κ3) is 3.58. The molecular formula is C21H20ClNO4. The predicted octanol–water partition coefficient (Wildman–Crippen LogP) is 4.75. The molecule has 0 amide bonds. The smallest absolute Gasteiger partial charge is 0.372 e. The Kier molecular flexibility index (Phi) is 4.91. The predicted molar refractivity (Wildman–Crippen MR) is 103 cm³/mol. The number of ether oxygens (including phenoxy) is 1. The van der Waals surface area contributed by atoms with Crippen LogP contribution in [0.15, 0.2) is 52.9 Å². The van der Waals surface area contributed by atoms with Gasteiger partial charge in [0.25, 0.3) is 0 Å². The maximum atomic E-state index is 11.7. The molecule has 1 aliphatic heterocycles. The first-order valence-corrected chi connectivity index (χ1v) is 9.25. The first-order chi connectivity index (χ1) is 13.0. The summed E-state index contributed by atoms with van der Waals surface area (Å²) in [6.45, 7) is 3.78. The Labute approximate surface area is 162 Å². The number of carboxylic acid groups (broad SMARTS) is 1. The molecule has 1 aliphatic rings. The maximum absolute atomic E-state index is 11.7. The van der Waals surface area contributed by atoms with Gasteiger partial charge in [-0.2, -0.15) is 0 Å².